The van der Waals surface area contributed by atoms with Crippen LogP contribution in [0.2, 0.25) is 0 Å². The Morgan fingerprint density at radius 2 is 2.15 bits per heavy atom. The zero-order valence-corrected chi connectivity index (χ0v) is 8.21. The topological polar surface area (TPSA) is 49.5 Å². The maximum Gasteiger partial charge on any atom is 0.0896 e. The first-order chi connectivity index (χ1) is 6.23. The van der Waals surface area contributed by atoms with Crippen molar-refractivity contribution in [1.29, 1.82) is 0 Å². The fraction of sp³-hybridized carbons (Fsp3) is 1.00. The lowest BCUT2D eigenvalue weighted by atomic mass is 9.86. The molecule has 2 fully saturated rings. The molecule has 1 saturated carbocycles. The first kappa shape index (κ1) is 9.44. The van der Waals surface area contributed by atoms with Gasteiger partial charge in [0.15, 0.2) is 0 Å². The van der Waals surface area contributed by atoms with Crippen molar-refractivity contribution in [3.63, 3.8) is 0 Å². The number of piperidine rings is 1. The Balaban J connectivity index is 1.91. The second-order valence-corrected chi connectivity index (χ2v) is 4.59. The van der Waals surface area contributed by atoms with Gasteiger partial charge in [-0.3, -0.25) is 4.90 Å². The molecule has 0 amide bonds. The van der Waals surface area contributed by atoms with Crippen LogP contribution in [0.15, 0.2) is 0 Å². The van der Waals surface area contributed by atoms with Gasteiger partial charge in [-0.25, -0.2) is 0 Å². The van der Waals surface area contributed by atoms with Gasteiger partial charge in [0.1, 0.15) is 0 Å². The molecule has 1 saturated heterocycles. The van der Waals surface area contributed by atoms with E-state index in [1.54, 1.807) is 0 Å². The van der Waals surface area contributed by atoms with Gasteiger partial charge >= 0.3 is 0 Å². The molecule has 3 heteroatoms. The summed E-state index contributed by atoms with van der Waals surface area (Å²) in [6.45, 7) is 2.37. The molecule has 13 heavy (non-hydrogen) atoms. The molecule has 1 heterocycles. The summed E-state index contributed by atoms with van der Waals surface area (Å²) in [6.07, 6.45) is 5.99. The molecular weight excluding hydrogens is 164 g/mol. The van der Waals surface area contributed by atoms with Gasteiger partial charge in [-0.2, -0.15) is 0 Å². The van der Waals surface area contributed by atoms with E-state index < -0.39 is 5.60 Å². The molecule has 2 aliphatic rings. The van der Waals surface area contributed by atoms with Gasteiger partial charge < -0.3 is 10.8 Å². The predicted octanol–water partition coefficient (Wildman–Crippen LogP) is 0.324. The van der Waals surface area contributed by atoms with Crippen molar-refractivity contribution in [2.45, 2.75) is 43.7 Å². The number of hydrogen-bond acceptors (Lipinski definition) is 3. The fourth-order valence-corrected chi connectivity index (χ4v) is 2.38. The Morgan fingerprint density at radius 1 is 1.38 bits per heavy atom. The lowest BCUT2D eigenvalue weighted by Crippen LogP contribution is -2.56. The third-order valence-corrected chi connectivity index (χ3v) is 3.56. The highest BCUT2D eigenvalue weighted by Gasteiger charge is 2.36. The van der Waals surface area contributed by atoms with Crippen LogP contribution in [0.1, 0.15) is 32.1 Å². The number of hydrogen-bond donors (Lipinski definition) is 2. The zero-order chi connectivity index (χ0) is 9.31. The summed E-state index contributed by atoms with van der Waals surface area (Å²) in [5, 5.41) is 10.1. The molecule has 3 N–H and O–H groups in total. The summed E-state index contributed by atoms with van der Waals surface area (Å²) in [5.74, 6) is 0. The summed E-state index contributed by atoms with van der Waals surface area (Å²) in [7, 11) is 0. The first-order valence-corrected chi connectivity index (χ1v) is 5.40. The Kier molecular flexibility index (Phi) is 2.58. The lowest BCUT2D eigenvalue weighted by Gasteiger charge is -2.45. The largest absolute Gasteiger partial charge is 0.387 e. The summed E-state index contributed by atoms with van der Waals surface area (Å²) >= 11 is 0. The maximum atomic E-state index is 10.1. The van der Waals surface area contributed by atoms with Crippen molar-refractivity contribution in [2.75, 3.05) is 19.6 Å². The Hall–Kier alpha value is -0.120. The summed E-state index contributed by atoms with van der Waals surface area (Å²) < 4.78 is 0. The van der Waals surface area contributed by atoms with E-state index in [0.29, 0.717) is 6.54 Å². The molecule has 0 aromatic heterocycles. The molecule has 0 radical (unpaired) electrons. The Morgan fingerprint density at radius 3 is 2.69 bits per heavy atom. The van der Waals surface area contributed by atoms with Crippen LogP contribution in [0, 0.1) is 0 Å². The van der Waals surface area contributed by atoms with Gasteiger partial charge in [0, 0.05) is 19.1 Å². The van der Waals surface area contributed by atoms with Crippen LogP contribution in [0.5, 0.6) is 0 Å². The molecule has 0 bridgehead atoms. The van der Waals surface area contributed by atoms with Gasteiger partial charge in [0.05, 0.1) is 5.60 Å². The van der Waals surface area contributed by atoms with Crippen molar-refractivity contribution in [3.8, 4) is 0 Å². The van der Waals surface area contributed by atoms with E-state index in [2.05, 4.69) is 4.90 Å². The minimum atomic E-state index is -0.589. The van der Waals surface area contributed by atoms with E-state index in [4.69, 9.17) is 5.73 Å². The average molecular weight is 184 g/mol. The highest BCUT2D eigenvalue weighted by Crippen LogP contribution is 2.30. The quantitative estimate of drug-likeness (QED) is 0.650. The standard InChI is InChI=1S/C10H20N2O/c11-7-10(13)5-2-6-12(8-10)9-3-1-4-9/h9,13H,1-8,11H2. The molecule has 1 aliphatic carbocycles. The number of nitrogens with zero attached hydrogens (tertiary/aromatic N) is 1. The normalized spacial score (nSPS) is 37.4. The van der Waals surface area contributed by atoms with Gasteiger partial charge in [0.25, 0.3) is 0 Å². The van der Waals surface area contributed by atoms with Crippen molar-refractivity contribution >= 4 is 0 Å². The van der Waals surface area contributed by atoms with Crippen LogP contribution >= 0.6 is 0 Å². The molecule has 0 aromatic carbocycles. The van der Waals surface area contributed by atoms with Crippen LogP contribution in [0.4, 0.5) is 0 Å². The van der Waals surface area contributed by atoms with E-state index in [-0.39, 0.29) is 0 Å². The van der Waals surface area contributed by atoms with E-state index in [1.807, 2.05) is 0 Å². The molecular formula is C10H20N2O. The van der Waals surface area contributed by atoms with Crippen LogP contribution in [-0.4, -0.2) is 41.3 Å². The summed E-state index contributed by atoms with van der Waals surface area (Å²) in [5.41, 5.74) is 4.99. The Labute approximate surface area is 79.9 Å². The number of β-amino-alcohol motifs (C(OH)–C–C–N with tert-alkyl or cyclic N) is 1. The molecule has 1 atom stereocenters. The SMILES string of the molecule is NCC1(O)CCCN(C2CCC2)C1. The molecule has 2 rings (SSSR count). The number of nitrogens with two attached hydrogens (primary N) is 1. The molecule has 76 valence electrons. The van der Waals surface area contributed by atoms with E-state index in [1.165, 1.54) is 19.3 Å². The van der Waals surface area contributed by atoms with Gasteiger partial charge in [-0.05, 0) is 32.2 Å². The van der Waals surface area contributed by atoms with Crippen molar-refractivity contribution in [3.05, 3.63) is 0 Å². The minimum Gasteiger partial charge on any atom is -0.387 e. The van der Waals surface area contributed by atoms with Gasteiger partial charge in [-0.1, -0.05) is 6.42 Å². The molecule has 1 aliphatic heterocycles. The fourth-order valence-electron chi connectivity index (χ4n) is 2.38. The van der Waals surface area contributed by atoms with E-state index in [0.717, 1.165) is 32.0 Å². The van der Waals surface area contributed by atoms with Crippen LogP contribution in [-0.2, 0) is 0 Å². The van der Waals surface area contributed by atoms with Crippen LogP contribution in [0.3, 0.4) is 0 Å². The lowest BCUT2D eigenvalue weighted by molar-refractivity contribution is -0.0480. The Bertz CT molecular complexity index is 182. The van der Waals surface area contributed by atoms with Crippen molar-refractivity contribution < 1.29 is 5.11 Å². The third kappa shape index (κ3) is 1.87. The van der Waals surface area contributed by atoms with Crippen LogP contribution in [0.25, 0.3) is 0 Å². The van der Waals surface area contributed by atoms with Gasteiger partial charge in [-0.15, -0.1) is 0 Å². The van der Waals surface area contributed by atoms with Crippen molar-refractivity contribution in [2.24, 2.45) is 5.73 Å². The average Bonchev–Trinajstić information content (AvgIpc) is 2.01. The molecule has 1 unspecified atom stereocenters. The minimum absolute atomic E-state index is 0.413. The number of likely N-dealkylation sites (tertiary alicyclic amines) is 1. The summed E-state index contributed by atoms with van der Waals surface area (Å²) in [6, 6.07) is 0.748. The zero-order valence-electron chi connectivity index (χ0n) is 8.21. The smallest absolute Gasteiger partial charge is 0.0896 e. The second-order valence-electron chi connectivity index (χ2n) is 4.59. The monoisotopic (exact) mass is 184 g/mol. The molecule has 0 aromatic rings. The van der Waals surface area contributed by atoms with E-state index >= 15 is 0 Å². The second kappa shape index (κ2) is 3.56. The highest BCUT2D eigenvalue weighted by molar-refractivity contribution is 4.92. The molecule has 3 nitrogen and oxygen atoms in total. The number of aliphatic hydroxyl groups is 1. The van der Waals surface area contributed by atoms with Crippen molar-refractivity contribution in [1.82, 2.24) is 4.90 Å². The molecule has 0 spiro atoms. The highest BCUT2D eigenvalue weighted by atomic mass is 16.3. The van der Waals surface area contributed by atoms with Gasteiger partial charge in [0.2, 0.25) is 0 Å². The third-order valence-electron chi connectivity index (χ3n) is 3.56. The summed E-state index contributed by atoms with van der Waals surface area (Å²) in [4.78, 5) is 2.43. The predicted molar refractivity (Wildman–Crippen MR) is 52.5 cm³/mol. The van der Waals surface area contributed by atoms with E-state index in [9.17, 15) is 5.11 Å². The number of rotatable bonds is 2. The first-order valence-electron chi connectivity index (χ1n) is 5.40. The van der Waals surface area contributed by atoms with Crippen LogP contribution < -0.4 is 5.73 Å². The maximum absolute atomic E-state index is 10.1.